The zero-order chi connectivity index (χ0) is 15.9. The van der Waals surface area contributed by atoms with E-state index in [1.807, 2.05) is 0 Å². The molecular weight excluding hydrogens is 353 g/mol. The molecule has 0 aliphatic carbocycles. The standard InChI is InChI=1S/C14H11BrFN5O/c15-7-2-1-3-9(4-7)21(22)13(17)10-5-8(16)6-11-12(10)20-14(18)19-11/h1-6,17,22H,(H3,18,19,20). The fourth-order valence-corrected chi connectivity index (χ4v) is 2.52. The first kappa shape index (κ1) is 14.5. The maximum Gasteiger partial charge on any atom is 0.198 e. The van der Waals surface area contributed by atoms with Gasteiger partial charge in [0.25, 0.3) is 0 Å². The highest BCUT2D eigenvalue weighted by atomic mass is 79.9. The highest BCUT2D eigenvalue weighted by Gasteiger charge is 2.18. The SMILES string of the molecule is N=C(c1cc(F)cc2nc(N)[nH]c12)N(O)c1cccc(Br)c1. The van der Waals surface area contributed by atoms with Crippen LogP contribution in [0.15, 0.2) is 40.9 Å². The zero-order valence-electron chi connectivity index (χ0n) is 11.1. The quantitative estimate of drug-likeness (QED) is 0.318. The number of nitrogen functional groups attached to an aromatic ring is 1. The number of fused-ring (bicyclic) bond motifs is 1. The van der Waals surface area contributed by atoms with Gasteiger partial charge >= 0.3 is 0 Å². The molecule has 0 bridgehead atoms. The van der Waals surface area contributed by atoms with E-state index < -0.39 is 5.82 Å². The molecule has 1 aromatic heterocycles. The number of nitrogens with two attached hydrogens (primary N) is 1. The molecule has 0 saturated heterocycles. The summed E-state index contributed by atoms with van der Waals surface area (Å²) in [5, 5.41) is 19.0. The summed E-state index contributed by atoms with van der Waals surface area (Å²) in [6.45, 7) is 0. The fourth-order valence-electron chi connectivity index (χ4n) is 2.14. The Balaban J connectivity index is 2.08. The van der Waals surface area contributed by atoms with Gasteiger partial charge in [-0.25, -0.2) is 14.4 Å². The van der Waals surface area contributed by atoms with Crippen molar-refractivity contribution in [3.8, 4) is 0 Å². The molecule has 0 amide bonds. The van der Waals surface area contributed by atoms with E-state index in [2.05, 4.69) is 25.9 Å². The summed E-state index contributed by atoms with van der Waals surface area (Å²) in [6, 6.07) is 9.11. The zero-order valence-corrected chi connectivity index (χ0v) is 12.7. The van der Waals surface area contributed by atoms with Crippen molar-refractivity contribution in [3.63, 3.8) is 0 Å². The van der Waals surface area contributed by atoms with Crippen LogP contribution in [0.25, 0.3) is 11.0 Å². The molecule has 0 fully saturated rings. The number of hydrogen-bond donors (Lipinski definition) is 4. The Kier molecular flexibility index (Phi) is 3.55. The predicted octanol–water partition coefficient (Wildman–Crippen LogP) is 3.27. The van der Waals surface area contributed by atoms with Gasteiger partial charge in [-0.3, -0.25) is 10.6 Å². The Hall–Kier alpha value is -2.45. The molecule has 0 aliphatic heterocycles. The monoisotopic (exact) mass is 363 g/mol. The summed E-state index contributed by atoms with van der Waals surface area (Å²) in [7, 11) is 0. The van der Waals surface area contributed by atoms with Gasteiger partial charge < -0.3 is 10.7 Å². The average molecular weight is 364 g/mol. The van der Waals surface area contributed by atoms with Gasteiger partial charge in [-0.15, -0.1) is 0 Å². The number of H-pyrrole nitrogens is 1. The molecule has 2 aromatic carbocycles. The Bertz CT molecular complexity index is 879. The Morgan fingerprint density at radius 2 is 2.14 bits per heavy atom. The van der Waals surface area contributed by atoms with Crippen molar-refractivity contribution in [1.82, 2.24) is 9.97 Å². The van der Waals surface area contributed by atoms with Crippen molar-refractivity contribution in [1.29, 1.82) is 5.41 Å². The average Bonchev–Trinajstić information content (AvgIpc) is 2.84. The molecule has 1 heterocycles. The van der Waals surface area contributed by atoms with Crippen LogP contribution in [0.2, 0.25) is 0 Å². The number of benzene rings is 2. The van der Waals surface area contributed by atoms with Gasteiger partial charge in [-0.1, -0.05) is 22.0 Å². The predicted molar refractivity (Wildman–Crippen MR) is 85.7 cm³/mol. The van der Waals surface area contributed by atoms with Crippen LogP contribution in [0.5, 0.6) is 0 Å². The van der Waals surface area contributed by atoms with Crippen LogP contribution in [0.1, 0.15) is 5.56 Å². The number of amidine groups is 1. The molecule has 0 unspecified atom stereocenters. The number of nitrogens with zero attached hydrogens (tertiary/aromatic N) is 2. The van der Waals surface area contributed by atoms with Gasteiger partial charge in [0.15, 0.2) is 11.8 Å². The molecule has 6 nitrogen and oxygen atoms in total. The minimum atomic E-state index is -0.568. The minimum Gasteiger partial charge on any atom is -0.369 e. The van der Waals surface area contributed by atoms with Crippen molar-refractivity contribution in [2.45, 2.75) is 0 Å². The van der Waals surface area contributed by atoms with Crippen LogP contribution >= 0.6 is 15.9 Å². The molecule has 3 aromatic rings. The molecule has 0 atom stereocenters. The number of aromatic nitrogens is 2. The summed E-state index contributed by atoms with van der Waals surface area (Å²) >= 11 is 3.29. The Labute approximate surface area is 133 Å². The number of anilines is 2. The second kappa shape index (κ2) is 5.39. The van der Waals surface area contributed by atoms with Crippen molar-refractivity contribution < 1.29 is 9.60 Å². The number of imidazole rings is 1. The van der Waals surface area contributed by atoms with Gasteiger partial charge in [0.2, 0.25) is 0 Å². The van der Waals surface area contributed by atoms with Crippen molar-refractivity contribution >= 4 is 44.4 Å². The molecule has 5 N–H and O–H groups in total. The van der Waals surface area contributed by atoms with E-state index in [0.29, 0.717) is 21.8 Å². The normalized spacial score (nSPS) is 10.9. The van der Waals surface area contributed by atoms with E-state index in [0.717, 1.165) is 10.5 Å². The van der Waals surface area contributed by atoms with Crippen molar-refractivity contribution in [3.05, 3.63) is 52.3 Å². The van der Waals surface area contributed by atoms with E-state index in [-0.39, 0.29) is 17.3 Å². The van der Waals surface area contributed by atoms with Gasteiger partial charge in [-0.2, -0.15) is 0 Å². The van der Waals surface area contributed by atoms with Crippen LogP contribution in [0.3, 0.4) is 0 Å². The number of halogens is 2. The van der Waals surface area contributed by atoms with E-state index in [1.165, 1.54) is 6.07 Å². The topological polar surface area (TPSA) is 102 Å². The maximum atomic E-state index is 13.7. The minimum absolute atomic E-state index is 0.113. The second-order valence-electron chi connectivity index (χ2n) is 4.61. The molecule has 3 rings (SSSR count). The Morgan fingerprint density at radius 1 is 1.36 bits per heavy atom. The lowest BCUT2D eigenvalue weighted by Gasteiger charge is -2.18. The molecule has 22 heavy (non-hydrogen) atoms. The summed E-state index contributed by atoms with van der Waals surface area (Å²) in [4.78, 5) is 6.71. The van der Waals surface area contributed by atoms with Crippen LogP contribution in [-0.4, -0.2) is 21.0 Å². The Morgan fingerprint density at radius 3 is 2.86 bits per heavy atom. The lowest BCUT2D eigenvalue weighted by atomic mass is 10.1. The third kappa shape index (κ3) is 2.53. The smallest absolute Gasteiger partial charge is 0.198 e. The summed E-state index contributed by atoms with van der Waals surface area (Å²) in [5.41, 5.74) is 6.77. The highest BCUT2D eigenvalue weighted by molar-refractivity contribution is 9.10. The van der Waals surface area contributed by atoms with E-state index in [1.54, 1.807) is 24.3 Å². The highest BCUT2D eigenvalue weighted by Crippen LogP contribution is 2.24. The summed E-state index contributed by atoms with van der Waals surface area (Å²) < 4.78 is 14.4. The van der Waals surface area contributed by atoms with Crippen LogP contribution in [0, 0.1) is 11.2 Å². The van der Waals surface area contributed by atoms with E-state index in [4.69, 9.17) is 11.1 Å². The largest absolute Gasteiger partial charge is 0.369 e. The summed E-state index contributed by atoms with van der Waals surface area (Å²) in [6.07, 6.45) is 0. The third-order valence-electron chi connectivity index (χ3n) is 3.10. The van der Waals surface area contributed by atoms with Gasteiger partial charge in [0.05, 0.1) is 16.7 Å². The van der Waals surface area contributed by atoms with E-state index >= 15 is 0 Å². The lowest BCUT2D eigenvalue weighted by molar-refractivity contribution is 0.312. The number of rotatable bonds is 2. The van der Waals surface area contributed by atoms with E-state index in [9.17, 15) is 9.60 Å². The summed E-state index contributed by atoms with van der Waals surface area (Å²) in [5.74, 6) is -0.755. The number of nitrogens with one attached hydrogen (secondary N) is 2. The van der Waals surface area contributed by atoms with Crippen molar-refractivity contribution in [2.24, 2.45) is 0 Å². The van der Waals surface area contributed by atoms with Crippen molar-refractivity contribution in [2.75, 3.05) is 10.8 Å². The molecule has 0 spiro atoms. The molecule has 8 heteroatoms. The molecule has 0 aliphatic rings. The number of hydrogen-bond acceptors (Lipinski definition) is 4. The third-order valence-corrected chi connectivity index (χ3v) is 3.59. The molecule has 112 valence electrons. The number of aromatic amines is 1. The molecule has 0 saturated carbocycles. The second-order valence-corrected chi connectivity index (χ2v) is 5.53. The lowest BCUT2D eigenvalue weighted by Crippen LogP contribution is -2.27. The maximum absolute atomic E-state index is 13.7. The number of hydroxylamine groups is 1. The van der Waals surface area contributed by atoms with Crippen LogP contribution < -0.4 is 10.8 Å². The first-order valence-electron chi connectivity index (χ1n) is 6.24. The van der Waals surface area contributed by atoms with Gasteiger partial charge in [-0.05, 0) is 24.3 Å². The molecular formula is C14H11BrFN5O. The van der Waals surface area contributed by atoms with Crippen LogP contribution in [-0.2, 0) is 0 Å². The van der Waals surface area contributed by atoms with Gasteiger partial charge in [0, 0.05) is 16.1 Å². The van der Waals surface area contributed by atoms with Gasteiger partial charge in [0.1, 0.15) is 5.82 Å². The first-order valence-corrected chi connectivity index (χ1v) is 7.03. The fraction of sp³-hybridized carbons (Fsp3) is 0. The molecule has 0 radical (unpaired) electrons. The van der Waals surface area contributed by atoms with Crippen LogP contribution in [0.4, 0.5) is 16.0 Å². The first-order chi connectivity index (χ1) is 10.5.